The Hall–Kier alpha value is -2.54. The number of aliphatic hydroxyl groups is 5. The fraction of sp³-hybridized carbons (Fsp3) is 0.867. The van der Waals surface area contributed by atoms with Crippen LogP contribution in [0.25, 0.3) is 0 Å². The molecule has 5 aliphatic carbocycles. The van der Waals surface area contributed by atoms with Gasteiger partial charge in [-0.05, 0) is 110 Å². The molecule has 0 amide bonds. The van der Waals surface area contributed by atoms with Crippen molar-refractivity contribution in [2.24, 2.45) is 50.2 Å². The number of methoxy groups -OCH3 is 3. The molecule has 4 saturated carbocycles. The zero-order chi connectivity index (χ0) is 45.0. The first kappa shape index (κ1) is 46.5. The number of ketones is 1. The van der Waals surface area contributed by atoms with E-state index >= 15 is 0 Å². The van der Waals surface area contributed by atoms with E-state index in [2.05, 4.69) is 46.3 Å². The van der Waals surface area contributed by atoms with Crippen LogP contribution >= 0.6 is 0 Å². The predicted octanol–water partition coefficient (Wildman–Crippen LogP) is 2.51. The number of carbonyl (C=O) groups is 4. The SMILES string of the molecule is COC(=O)[C@H]1O[C@@H](O[C@H]2[C@@H](O[C@H]3CC[C@]4(C)[C@H]5C(=O)C=C6[C@@H]7C[C@@](C)(C(=O)OC)CC[C@]7(C)CC[C@@]6(C)[C@]5(C)CC[C@H]4C3(C)C)O[C@H](C(=O)OC)[C@@H](O)[C@@H]2O)[C@H](O)[C@@H](O)[C@@H]1O. The number of carbonyl (C=O) groups excluding carboxylic acids is 4. The summed E-state index contributed by atoms with van der Waals surface area (Å²) < 4.78 is 39.1. The lowest BCUT2D eigenvalue weighted by atomic mass is 9.33. The van der Waals surface area contributed by atoms with E-state index in [1.807, 2.05) is 13.0 Å². The van der Waals surface area contributed by atoms with Gasteiger partial charge < -0.3 is 58.7 Å². The highest BCUT2D eigenvalue weighted by atomic mass is 16.8. The molecule has 0 unspecified atom stereocenters. The van der Waals surface area contributed by atoms with Gasteiger partial charge in [0.2, 0.25) is 0 Å². The number of aliphatic hydroxyl groups excluding tert-OH is 5. The number of hydrogen-bond donors (Lipinski definition) is 5. The van der Waals surface area contributed by atoms with Crippen LogP contribution in [0.15, 0.2) is 11.6 Å². The van der Waals surface area contributed by atoms with E-state index in [0.717, 1.165) is 52.7 Å². The lowest BCUT2D eigenvalue weighted by Gasteiger charge is -2.70. The molecular formula is C45H68O16. The van der Waals surface area contributed by atoms with Crippen molar-refractivity contribution in [3.63, 3.8) is 0 Å². The van der Waals surface area contributed by atoms with Crippen molar-refractivity contribution in [3.05, 3.63) is 11.6 Å². The summed E-state index contributed by atoms with van der Waals surface area (Å²) in [6.45, 7) is 15.4. The first-order valence-electron chi connectivity index (χ1n) is 21.9. The van der Waals surface area contributed by atoms with E-state index in [0.29, 0.717) is 19.3 Å². The first-order chi connectivity index (χ1) is 28.4. The topological polar surface area (TPSA) is 234 Å². The van der Waals surface area contributed by atoms with Crippen molar-refractivity contribution in [1.29, 1.82) is 0 Å². The Balaban J connectivity index is 1.18. The Morgan fingerprint density at radius 2 is 1.26 bits per heavy atom. The van der Waals surface area contributed by atoms with Crippen molar-refractivity contribution in [2.75, 3.05) is 21.3 Å². The van der Waals surface area contributed by atoms with Crippen molar-refractivity contribution in [2.45, 2.75) is 174 Å². The molecule has 0 aromatic heterocycles. The zero-order valence-electron chi connectivity index (χ0n) is 37.3. The van der Waals surface area contributed by atoms with E-state index in [1.54, 1.807) is 0 Å². The minimum absolute atomic E-state index is 0.0224. The van der Waals surface area contributed by atoms with Gasteiger partial charge in [0, 0.05) is 5.92 Å². The summed E-state index contributed by atoms with van der Waals surface area (Å²) in [4.78, 5) is 53.4. The highest BCUT2D eigenvalue weighted by molar-refractivity contribution is 5.95. The molecule has 6 fully saturated rings. The highest BCUT2D eigenvalue weighted by Crippen LogP contribution is 2.75. The maximum absolute atomic E-state index is 15.0. The van der Waals surface area contributed by atoms with Crippen LogP contribution < -0.4 is 0 Å². The van der Waals surface area contributed by atoms with Crippen molar-refractivity contribution < 1.29 is 77.9 Å². The van der Waals surface area contributed by atoms with E-state index in [9.17, 15) is 44.7 Å². The molecule has 0 radical (unpaired) electrons. The molecule has 0 bridgehead atoms. The van der Waals surface area contributed by atoms with E-state index in [-0.39, 0.29) is 45.8 Å². The van der Waals surface area contributed by atoms with Gasteiger partial charge in [-0.25, -0.2) is 9.59 Å². The normalized spacial score (nSPS) is 50.4. The zero-order valence-corrected chi connectivity index (χ0v) is 37.3. The second-order valence-electron chi connectivity index (χ2n) is 21.2. The smallest absolute Gasteiger partial charge is 0.337 e. The van der Waals surface area contributed by atoms with Gasteiger partial charge in [0.15, 0.2) is 30.6 Å². The van der Waals surface area contributed by atoms with Gasteiger partial charge in [-0.15, -0.1) is 0 Å². The molecule has 7 aliphatic rings. The summed E-state index contributed by atoms with van der Waals surface area (Å²) in [7, 11) is 3.59. The standard InChI is InChI=1S/C45H68O16/c1-40(2)24-11-14-45(7)34(23(46)19-21-22-20-42(4,39(54)57-10)16-15-41(22,3)17-18-44(21,45)6)43(24,5)13-12-25(40)58-38-33(29(50)28(49)32(60-38)36(53)56-9)61-37-30(51)26(47)27(48)31(59-37)35(52)55-8/h19,22,24-34,37-38,47-51H,11-18,20H2,1-10H3/t22-,24-,25-,26-,27-,28-,29-,30+,31-,32-,33+,34+,37-,38-,41+,42-,43-,44+,45+/m0/s1. The molecule has 2 aliphatic heterocycles. The van der Waals surface area contributed by atoms with Gasteiger partial charge >= 0.3 is 17.9 Å². The highest BCUT2D eigenvalue weighted by Gasteiger charge is 2.71. The molecule has 19 atom stereocenters. The van der Waals surface area contributed by atoms with Crippen LogP contribution in [0.4, 0.5) is 0 Å². The molecule has 0 spiro atoms. The first-order valence-corrected chi connectivity index (χ1v) is 21.9. The molecule has 0 aromatic carbocycles. The molecule has 61 heavy (non-hydrogen) atoms. The van der Waals surface area contributed by atoms with Crippen LogP contribution in [-0.2, 0) is 52.3 Å². The van der Waals surface area contributed by atoms with Gasteiger partial charge in [-0.1, -0.05) is 47.1 Å². The van der Waals surface area contributed by atoms with Gasteiger partial charge in [-0.2, -0.15) is 0 Å². The summed E-state index contributed by atoms with van der Waals surface area (Å²) in [6.07, 6.45) is -9.88. The maximum atomic E-state index is 15.0. The number of hydrogen-bond acceptors (Lipinski definition) is 16. The molecule has 0 aromatic rings. The Labute approximate surface area is 357 Å². The second-order valence-corrected chi connectivity index (χ2v) is 21.2. The van der Waals surface area contributed by atoms with E-state index < -0.39 is 95.7 Å². The summed E-state index contributed by atoms with van der Waals surface area (Å²) in [6, 6.07) is 0. The molecule has 16 nitrogen and oxygen atoms in total. The molecule has 16 heteroatoms. The Morgan fingerprint density at radius 3 is 1.87 bits per heavy atom. The number of esters is 3. The average Bonchev–Trinajstić information content (AvgIpc) is 3.21. The largest absolute Gasteiger partial charge is 0.469 e. The van der Waals surface area contributed by atoms with E-state index in [1.165, 1.54) is 12.7 Å². The minimum Gasteiger partial charge on any atom is -0.469 e. The monoisotopic (exact) mass is 864 g/mol. The Bertz CT molecular complexity index is 1780. The minimum atomic E-state index is -1.93. The van der Waals surface area contributed by atoms with Crippen LogP contribution in [0.5, 0.6) is 0 Å². The molecule has 2 saturated heterocycles. The molecule has 5 N–H and O–H groups in total. The van der Waals surface area contributed by atoms with Crippen molar-refractivity contribution in [1.82, 2.24) is 0 Å². The Kier molecular flexibility index (Phi) is 12.1. The van der Waals surface area contributed by atoms with E-state index in [4.69, 9.17) is 28.4 Å². The number of ether oxygens (including phenoxy) is 7. The molecule has 344 valence electrons. The average molecular weight is 865 g/mol. The summed E-state index contributed by atoms with van der Waals surface area (Å²) in [5.41, 5.74) is -1.21. The van der Waals surface area contributed by atoms with Crippen LogP contribution in [-0.4, -0.2) is 138 Å². The quantitative estimate of drug-likeness (QED) is 0.141. The van der Waals surface area contributed by atoms with Gasteiger partial charge in [0.25, 0.3) is 0 Å². The fourth-order valence-corrected chi connectivity index (χ4v) is 13.8. The number of rotatable bonds is 7. The molecule has 7 rings (SSSR count). The summed E-state index contributed by atoms with van der Waals surface area (Å²) in [5, 5.41) is 54.5. The predicted molar refractivity (Wildman–Crippen MR) is 213 cm³/mol. The Morgan fingerprint density at radius 1 is 0.672 bits per heavy atom. The lowest BCUT2D eigenvalue weighted by Crippen LogP contribution is -2.68. The van der Waals surface area contributed by atoms with Gasteiger partial charge in [0.1, 0.15) is 36.6 Å². The molecule has 2 heterocycles. The van der Waals surface area contributed by atoms with Crippen LogP contribution in [0.3, 0.4) is 0 Å². The summed E-state index contributed by atoms with van der Waals surface area (Å²) in [5.74, 6) is -2.39. The van der Waals surface area contributed by atoms with Crippen molar-refractivity contribution >= 4 is 23.7 Å². The van der Waals surface area contributed by atoms with Crippen LogP contribution in [0.2, 0.25) is 0 Å². The van der Waals surface area contributed by atoms with Crippen LogP contribution in [0, 0.1) is 50.2 Å². The van der Waals surface area contributed by atoms with Crippen LogP contribution in [0.1, 0.15) is 106 Å². The number of allylic oxidation sites excluding steroid dienone is 2. The third-order valence-electron chi connectivity index (χ3n) is 17.8. The van der Waals surface area contributed by atoms with Crippen molar-refractivity contribution in [3.8, 4) is 0 Å². The lowest BCUT2D eigenvalue weighted by molar-refractivity contribution is -0.371. The van der Waals surface area contributed by atoms with Gasteiger partial charge in [0.05, 0.1) is 32.8 Å². The fourth-order valence-electron chi connectivity index (χ4n) is 13.8. The number of fused-ring (bicyclic) bond motifs is 7. The third-order valence-corrected chi connectivity index (χ3v) is 17.8. The van der Waals surface area contributed by atoms with Gasteiger partial charge in [-0.3, -0.25) is 9.59 Å². The summed E-state index contributed by atoms with van der Waals surface area (Å²) >= 11 is 0. The maximum Gasteiger partial charge on any atom is 0.337 e. The second kappa shape index (κ2) is 15.9. The third kappa shape index (κ3) is 6.95. The molecular weight excluding hydrogens is 796 g/mol.